The number of carbonyl (C=O) groups excluding carboxylic acids is 5. The minimum atomic E-state index is -1.55. The molecule has 1 fully saturated rings. The van der Waals surface area contributed by atoms with Crippen LogP contribution in [0.2, 0.25) is 0 Å². The molecule has 1 heterocycles. The Bertz CT molecular complexity index is 896. The predicted molar refractivity (Wildman–Crippen MR) is 128 cm³/mol. The number of hydrogen-bond donors (Lipinski definition) is 7. The number of carboxylic acids is 2. The summed E-state index contributed by atoms with van der Waals surface area (Å²) in [6.07, 6.45) is 0.649. The Morgan fingerprint density at radius 3 is 2.16 bits per heavy atom. The van der Waals surface area contributed by atoms with Crippen molar-refractivity contribution >= 4 is 41.5 Å². The van der Waals surface area contributed by atoms with Crippen molar-refractivity contribution in [3.05, 3.63) is 0 Å². The van der Waals surface area contributed by atoms with Crippen LogP contribution in [0.25, 0.3) is 0 Å². The zero-order valence-corrected chi connectivity index (χ0v) is 21.1. The van der Waals surface area contributed by atoms with Gasteiger partial charge in [0.2, 0.25) is 29.5 Å². The lowest BCUT2D eigenvalue weighted by molar-refractivity contribution is -0.143. The van der Waals surface area contributed by atoms with E-state index in [-0.39, 0.29) is 12.5 Å². The largest absolute Gasteiger partial charge is 0.481 e. The Balaban J connectivity index is 2.75. The summed E-state index contributed by atoms with van der Waals surface area (Å²) in [6.45, 7) is 4.02. The summed E-state index contributed by atoms with van der Waals surface area (Å²) in [5.74, 6) is -6.40. The van der Waals surface area contributed by atoms with E-state index >= 15 is 0 Å². The summed E-state index contributed by atoms with van der Waals surface area (Å²) < 4.78 is 0. The fraction of sp³-hybridized carbons (Fsp3) is 0.682. The van der Waals surface area contributed by atoms with Crippen molar-refractivity contribution in [1.29, 1.82) is 0 Å². The molecule has 15 nitrogen and oxygen atoms in total. The van der Waals surface area contributed by atoms with Gasteiger partial charge in [-0.25, -0.2) is 0 Å². The molecule has 37 heavy (non-hydrogen) atoms. The molecule has 0 bridgehead atoms. The first-order valence-corrected chi connectivity index (χ1v) is 11.9. The van der Waals surface area contributed by atoms with Crippen LogP contribution in [-0.2, 0) is 33.6 Å². The van der Waals surface area contributed by atoms with E-state index < -0.39 is 85.2 Å². The number of aliphatic carboxylic acids is 2. The van der Waals surface area contributed by atoms with Gasteiger partial charge in [-0.15, -0.1) is 0 Å². The molecule has 8 N–H and O–H groups in total. The lowest BCUT2D eigenvalue weighted by atomic mass is 9.99. The van der Waals surface area contributed by atoms with Crippen LogP contribution in [0.4, 0.5) is 0 Å². The van der Waals surface area contributed by atoms with Crippen molar-refractivity contribution in [3.8, 4) is 0 Å². The first kappa shape index (κ1) is 31.3. The molecule has 0 aromatic carbocycles. The molecule has 0 aliphatic carbocycles. The average molecular weight is 529 g/mol. The van der Waals surface area contributed by atoms with E-state index in [0.717, 1.165) is 0 Å². The highest BCUT2D eigenvalue weighted by Gasteiger charge is 2.37. The highest BCUT2D eigenvalue weighted by Crippen LogP contribution is 2.18. The smallest absolute Gasteiger partial charge is 0.322 e. The third kappa shape index (κ3) is 10.0. The topological polar surface area (TPSA) is 237 Å². The maximum Gasteiger partial charge on any atom is 0.322 e. The number of rotatable bonds is 14. The second kappa shape index (κ2) is 14.7. The molecular formula is C22H36N6O9. The normalized spacial score (nSPS) is 18.1. The number of nitrogens with zero attached hydrogens (tertiary/aromatic N) is 1. The van der Waals surface area contributed by atoms with Crippen molar-refractivity contribution in [2.45, 2.75) is 70.6 Å². The first-order chi connectivity index (χ1) is 17.3. The van der Waals surface area contributed by atoms with Crippen LogP contribution in [0, 0.1) is 5.92 Å². The van der Waals surface area contributed by atoms with Gasteiger partial charge in [-0.3, -0.25) is 33.6 Å². The van der Waals surface area contributed by atoms with E-state index in [1.807, 2.05) is 6.92 Å². The molecule has 0 spiro atoms. The Labute approximate surface area is 213 Å². The Morgan fingerprint density at radius 2 is 1.59 bits per heavy atom. The fourth-order valence-corrected chi connectivity index (χ4v) is 3.63. The van der Waals surface area contributed by atoms with Gasteiger partial charge in [0.1, 0.15) is 24.7 Å². The first-order valence-electron chi connectivity index (χ1n) is 11.9. The fourth-order valence-electron chi connectivity index (χ4n) is 3.63. The van der Waals surface area contributed by atoms with Gasteiger partial charge in [0, 0.05) is 6.54 Å². The molecule has 1 rings (SSSR count). The Morgan fingerprint density at radius 1 is 0.946 bits per heavy atom. The van der Waals surface area contributed by atoms with Crippen molar-refractivity contribution < 1.29 is 43.8 Å². The molecule has 0 saturated carbocycles. The average Bonchev–Trinajstić information content (AvgIpc) is 3.33. The number of amides is 5. The monoisotopic (exact) mass is 528 g/mol. The summed E-state index contributed by atoms with van der Waals surface area (Å²) in [5, 5.41) is 27.0. The van der Waals surface area contributed by atoms with Gasteiger partial charge < -0.3 is 42.1 Å². The standard InChI is InChI=1S/C22H36N6O9/c1-4-11(2)18(23)21(36)24-9-15(29)27-13(8-16(30)31)19(34)26-12(3)22(37)28-7-5-6-14(28)20(35)25-10-17(32)33/h11-14,18H,4-10,23H2,1-3H3,(H,24,36)(H,25,35)(H,26,34)(H,27,29)(H,30,31)(H,32,33)/t11-,12-,13-,14-,18-/m0/s1. The van der Waals surface area contributed by atoms with Crippen LogP contribution in [0.15, 0.2) is 0 Å². The molecule has 1 aliphatic rings. The maximum absolute atomic E-state index is 12.9. The summed E-state index contributed by atoms with van der Waals surface area (Å²) >= 11 is 0. The van der Waals surface area contributed by atoms with E-state index in [2.05, 4.69) is 21.3 Å². The van der Waals surface area contributed by atoms with E-state index in [1.54, 1.807) is 6.92 Å². The number of carbonyl (C=O) groups is 7. The molecule has 0 radical (unpaired) electrons. The molecule has 0 unspecified atom stereocenters. The van der Waals surface area contributed by atoms with E-state index in [9.17, 15) is 33.6 Å². The van der Waals surface area contributed by atoms with Crippen LogP contribution < -0.4 is 27.0 Å². The highest BCUT2D eigenvalue weighted by molar-refractivity contribution is 5.96. The van der Waals surface area contributed by atoms with Gasteiger partial charge in [-0.1, -0.05) is 20.3 Å². The molecule has 1 saturated heterocycles. The van der Waals surface area contributed by atoms with Gasteiger partial charge in [0.15, 0.2) is 0 Å². The summed E-state index contributed by atoms with van der Waals surface area (Å²) in [4.78, 5) is 85.3. The van der Waals surface area contributed by atoms with Crippen molar-refractivity contribution in [2.75, 3.05) is 19.6 Å². The van der Waals surface area contributed by atoms with Crippen molar-refractivity contribution in [2.24, 2.45) is 11.7 Å². The van der Waals surface area contributed by atoms with Gasteiger partial charge >= 0.3 is 11.9 Å². The Kier molecular flexibility index (Phi) is 12.4. The van der Waals surface area contributed by atoms with Crippen LogP contribution in [0.3, 0.4) is 0 Å². The third-order valence-electron chi connectivity index (χ3n) is 5.99. The number of nitrogens with one attached hydrogen (secondary N) is 4. The number of hydrogen-bond acceptors (Lipinski definition) is 8. The molecule has 0 aromatic rings. The second-order valence-electron chi connectivity index (χ2n) is 8.88. The van der Waals surface area contributed by atoms with Gasteiger partial charge in [-0.05, 0) is 25.7 Å². The molecular weight excluding hydrogens is 492 g/mol. The van der Waals surface area contributed by atoms with E-state index in [0.29, 0.717) is 19.3 Å². The Hall–Kier alpha value is -3.75. The highest BCUT2D eigenvalue weighted by atomic mass is 16.4. The summed E-state index contributed by atoms with van der Waals surface area (Å²) in [5.41, 5.74) is 5.79. The third-order valence-corrected chi connectivity index (χ3v) is 5.99. The summed E-state index contributed by atoms with van der Waals surface area (Å²) in [6, 6.07) is -4.48. The van der Waals surface area contributed by atoms with Crippen LogP contribution in [-0.4, -0.2) is 100 Å². The van der Waals surface area contributed by atoms with E-state index in [4.69, 9.17) is 15.9 Å². The van der Waals surface area contributed by atoms with Crippen LogP contribution in [0.5, 0.6) is 0 Å². The van der Waals surface area contributed by atoms with Crippen molar-refractivity contribution in [1.82, 2.24) is 26.2 Å². The lowest BCUT2D eigenvalue weighted by Crippen LogP contribution is -2.57. The number of carboxylic acid groups (broad SMARTS) is 2. The van der Waals surface area contributed by atoms with Gasteiger partial charge in [0.25, 0.3) is 0 Å². The molecule has 1 aliphatic heterocycles. The molecule has 5 amide bonds. The number of likely N-dealkylation sites (tertiary alicyclic amines) is 1. The minimum absolute atomic E-state index is 0.133. The van der Waals surface area contributed by atoms with Gasteiger partial charge in [0.05, 0.1) is 19.0 Å². The van der Waals surface area contributed by atoms with Crippen LogP contribution >= 0.6 is 0 Å². The molecule has 0 aromatic heterocycles. The van der Waals surface area contributed by atoms with Crippen molar-refractivity contribution in [3.63, 3.8) is 0 Å². The zero-order chi connectivity index (χ0) is 28.3. The second-order valence-corrected chi connectivity index (χ2v) is 8.88. The summed E-state index contributed by atoms with van der Waals surface area (Å²) in [7, 11) is 0. The van der Waals surface area contributed by atoms with E-state index in [1.165, 1.54) is 11.8 Å². The minimum Gasteiger partial charge on any atom is -0.481 e. The zero-order valence-electron chi connectivity index (χ0n) is 21.1. The van der Waals surface area contributed by atoms with Gasteiger partial charge in [-0.2, -0.15) is 0 Å². The van der Waals surface area contributed by atoms with Crippen LogP contribution in [0.1, 0.15) is 46.5 Å². The number of nitrogens with two attached hydrogens (primary N) is 1. The predicted octanol–water partition coefficient (Wildman–Crippen LogP) is -2.87. The molecule has 5 atom stereocenters. The lowest BCUT2D eigenvalue weighted by Gasteiger charge is -2.28. The SMILES string of the molecule is CC[C@H](C)[C@H](N)C(=O)NCC(=O)N[C@@H](CC(=O)O)C(=O)N[C@@H](C)C(=O)N1CCC[C@H]1C(=O)NCC(=O)O. The quantitative estimate of drug-likeness (QED) is 0.122. The maximum atomic E-state index is 12.9. The molecule has 208 valence electrons. The molecule has 15 heteroatoms.